The molecule has 0 radical (unpaired) electrons. The SMILES string of the molecule is O=C(OCc1c(F)c(F)c(F)c(F)c1F)C12C[C@@H]3C[C@@H](CC(O)(C3)C1)C2. The molecule has 0 aromatic heterocycles. The van der Waals surface area contributed by atoms with Crippen molar-refractivity contribution < 1.29 is 36.6 Å². The summed E-state index contributed by atoms with van der Waals surface area (Å²) in [5, 5.41) is 10.6. The summed E-state index contributed by atoms with van der Waals surface area (Å²) >= 11 is 0. The van der Waals surface area contributed by atoms with Gasteiger partial charge in [-0.1, -0.05) is 0 Å². The van der Waals surface area contributed by atoms with Crippen LogP contribution in [0.25, 0.3) is 0 Å². The van der Waals surface area contributed by atoms with Gasteiger partial charge >= 0.3 is 5.97 Å². The Morgan fingerprint density at radius 2 is 1.42 bits per heavy atom. The number of esters is 1. The highest BCUT2D eigenvalue weighted by molar-refractivity contribution is 5.77. The van der Waals surface area contributed by atoms with Crippen molar-refractivity contribution in [3.63, 3.8) is 0 Å². The highest BCUT2D eigenvalue weighted by atomic mass is 19.2. The molecule has 4 atom stereocenters. The summed E-state index contributed by atoms with van der Waals surface area (Å²) < 4.78 is 72.0. The van der Waals surface area contributed by atoms with Crippen molar-refractivity contribution in [3.05, 3.63) is 34.6 Å². The van der Waals surface area contributed by atoms with E-state index in [9.17, 15) is 31.9 Å². The molecule has 1 N–H and O–H groups in total. The van der Waals surface area contributed by atoms with E-state index in [2.05, 4.69) is 0 Å². The van der Waals surface area contributed by atoms with Gasteiger partial charge in [0.2, 0.25) is 5.82 Å². The second-order valence-corrected chi connectivity index (χ2v) is 8.09. The molecule has 0 aliphatic heterocycles. The van der Waals surface area contributed by atoms with Crippen LogP contribution < -0.4 is 0 Å². The summed E-state index contributed by atoms with van der Waals surface area (Å²) in [5.74, 6) is -10.8. The molecule has 4 aliphatic carbocycles. The van der Waals surface area contributed by atoms with Crippen molar-refractivity contribution in [1.29, 1.82) is 0 Å². The third-order valence-corrected chi connectivity index (χ3v) is 6.11. The third kappa shape index (κ3) is 2.52. The second-order valence-electron chi connectivity index (χ2n) is 8.09. The van der Waals surface area contributed by atoms with E-state index in [1.165, 1.54) is 0 Å². The molecule has 142 valence electrons. The fourth-order valence-electron chi connectivity index (χ4n) is 5.52. The van der Waals surface area contributed by atoms with E-state index >= 15 is 0 Å². The Balaban J connectivity index is 1.56. The smallest absolute Gasteiger partial charge is 0.312 e. The number of carbonyl (C=O) groups is 1. The van der Waals surface area contributed by atoms with Crippen LogP contribution >= 0.6 is 0 Å². The van der Waals surface area contributed by atoms with Crippen LogP contribution in [-0.4, -0.2) is 16.7 Å². The molecule has 5 rings (SSSR count). The highest BCUT2D eigenvalue weighted by Gasteiger charge is 2.60. The number of benzene rings is 1. The van der Waals surface area contributed by atoms with Gasteiger partial charge < -0.3 is 9.84 Å². The molecule has 4 aliphatic rings. The Labute approximate surface area is 146 Å². The maximum Gasteiger partial charge on any atom is 0.312 e. The molecule has 1 aromatic rings. The van der Waals surface area contributed by atoms with Gasteiger partial charge in [0.25, 0.3) is 0 Å². The Morgan fingerprint density at radius 1 is 0.923 bits per heavy atom. The first-order valence-electron chi connectivity index (χ1n) is 8.54. The first kappa shape index (κ1) is 17.7. The summed E-state index contributed by atoms with van der Waals surface area (Å²) in [6, 6.07) is 0. The van der Waals surface area contributed by atoms with Crippen molar-refractivity contribution >= 4 is 5.97 Å². The first-order valence-corrected chi connectivity index (χ1v) is 8.54. The van der Waals surface area contributed by atoms with Crippen LogP contribution in [0.5, 0.6) is 0 Å². The van der Waals surface area contributed by atoms with Crippen molar-refractivity contribution in [2.45, 2.75) is 50.7 Å². The van der Waals surface area contributed by atoms with Crippen molar-refractivity contribution in [3.8, 4) is 0 Å². The lowest BCUT2D eigenvalue weighted by Gasteiger charge is -2.58. The van der Waals surface area contributed by atoms with Crippen LogP contribution in [0.1, 0.15) is 44.1 Å². The van der Waals surface area contributed by atoms with E-state index in [1.807, 2.05) is 0 Å². The molecule has 1 aromatic carbocycles. The quantitative estimate of drug-likeness (QED) is 0.378. The lowest BCUT2D eigenvalue weighted by atomic mass is 9.48. The minimum Gasteiger partial charge on any atom is -0.460 e. The van der Waals surface area contributed by atoms with E-state index in [1.54, 1.807) is 0 Å². The molecule has 4 fully saturated rings. The van der Waals surface area contributed by atoms with Crippen LogP contribution in [0.4, 0.5) is 22.0 Å². The number of hydrogen-bond acceptors (Lipinski definition) is 3. The summed E-state index contributed by atoms with van der Waals surface area (Å²) in [6.07, 6.45) is 3.41. The maximum absolute atomic E-state index is 13.7. The number of aliphatic hydroxyl groups is 1. The first-order chi connectivity index (χ1) is 12.1. The Kier molecular flexibility index (Phi) is 3.84. The monoisotopic (exact) mass is 376 g/mol. The minimum atomic E-state index is -2.25. The zero-order valence-corrected chi connectivity index (χ0v) is 13.8. The predicted molar refractivity (Wildman–Crippen MR) is 78.1 cm³/mol. The Hall–Kier alpha value is -1.70. The molecule has 0 saturated heterocycles. The lowest BCUT2D eigenvalue weighted by Crippen LogP contribution is -2.58. The third-order valence-electron chi connectivity index (χ3n) is 6.11. The summed E-state index contributed by atoms with van der Waals surface area (Å²) in [5.41, 5.74) is -3.05. The zero-order valence-electron chi connectivity index (χ0n) is 13.8. The topological polar surface area (TPSA) is 46.5 Å². The normalized spacial score (nSPS) is 35.0. The largest absolute Gasteiger partial charge is 0.460 e. The number of hydrogen-bond donors (Lipinski definition) is 1. The van der Waals surface area contributed by atoms with Gasteiger partial charge in [-0.15, -0.1) is 0 Å². The predicted octanol–water partition coefficient (Wildman–Crippen LogP) is 3.76. The molecular formula is C18H17F5O3. The minimum absolute atomic E-state index is 0.183. The van der Waals surface area contributed by atoms with Crippen LogP contribution in [0.2, 0.25) is 0 Å². The molecular weight excluding hydrogens is 359 g/mol. The van der Waals surface area contributed by atoms with Gasteiger partial charge in [0, 0.05) is 0 Å². The van der Waals surface area contributed by atoms with Gasteiger partial charge in [-0.25, -0.2) is 22.0 Å². The van der Waals surface area contributed by atoms with Gasteiger partial charge in [-0.2, -0.15) is 0 Å². The Morgan fingerprint density at radius 3 is 1.92 bits per heavy atom. The summed E-state index contributed by atoms with van der Waals surface area (Å²) in [7, 11) is 0. The number of rotatable bonds is 3. The molecule has 0 heterocycles. The fraction of sp³-hybridized carbons (Fsp3) is 0.611. The van der Waals surface area contributed by atoms with E-state index < -0.39 is 58.2 Å². The van der Waals surface area contributed by atoms with E-state index in [0.717, 1.165) is 6.42 Å². The van der Waals surface area contributed by atoms with Crippen molar-refractivity contribution in [2.75, 3.05) is 0 Å². The molecule has 4 saturated carbocycles. The standard InChI is InChI=1S/C18H17F5O3/c19-11-10(12(20)14(22)15(23)13(11)21)6-26-16(24)17-2-8-1-9(3-17)5-18(25,4-8)7-17/h8-9,25H,1-7H2/t8-,9+,17?,18?. The summed E-state index contributed by atoms with van der Waals surface area (Å²) in [4.78, 5) is 12.6. The molecule has 8 heteroatoms. The van der Waals surface area contributed by atoms with Crippen molar-refractivity contribution in [1.82, 2.24) is 0 Å². The van der Waals surface area contributed by atoms with Crippen LogP contribution in [0, 0.1) is 46.3 Å². The zero-order chi connectivity index (χ0) is 18.9. The average Bonchev–Trinajstić information content (AvgIpc) is 2.56. The van der Waals surface area contributed by atoms with Crippen LogP contribution in [0.3, 0.4) is 0 Å². The second kappa shape index (κ2) is 5.65. The average molecular weight is 376 g/mol. The fourth-order valence-corrected chi connectivity index (χ4v) is 5.52. The number of carbonyl (C=O) groups excluding carboxylic acids is 1. The van der Waals surface area contributed by atoms with Crippen molar-refractivity contribution in [2.24, 2.45) is 17.3 Å². The number of ether oxygens (including phenoxy) is 1. The highest BCUT2D eigenvalue weighted by Crippen LogP contribution is 2.62. The molecule has 3 nitrogen and oxygen atoms in total. The maximum atomic E-state index is 13.7. The molecule has 2 unspecified atom stereocenters. The number of halogens is 5. The van der Waals surface area contributed by atoms with Crippen LogP contribution in [-0.2, 0) is 16.1 Å². The Bertz CT molecular complexity index is 751. The summed E-state index contributed by atoms with van der Waals surface area (Å²) in [6.45, 7) is -1.04. The molecule has 0 amide bonds. The van der Waals surface area contributed by atoms with E-state index in [4.69, 9.17) is 4.74 Å². The van der Waals surface area contributed by atoms with Gasteiger partial charge in [0.15, 0.2) is 23.3 Å². The van der Waals surface area contributed by atoms with Gasteiger partial charge in [-0.05, 0) is 50.4 Å². The lowest BCUT2D eigenvalue weighted by molar-refractivity contribution is -0.197. The molecule has 0 spiro atoms. The van der Waals surface area contributed by atoms with Gasteiger partial charge in [-0.3, -0.25) is 4.79 Å². The van der Waals surface area contributed by atoms with Crippen LogP contribution in [0.15, 0.2) is 0 Å². The molecule has 4 bridgehead atoms. The van der Waals surface area contributed by atoms with Gasteiger partial charge in [0.1, 0.15) is 6.61 Å². The van der Waals surface area contributed by atoms with E-state index in [0.29, 0.717) is 25.7 Å². The van der Waals surface area contributed by atoms with Gasteiger partial charge in [0.05, 0.1) is 16.6 Å². The molecule has 26 heavy (non-hydrogen) atoms. The van der Waals surface area contributed by atoms with E-state index in [-0.39, 0.29) is 18.3 Å².